The molecule has 3 N–H and O–H groups in total. The van der Waals surface area contributed by atoms with E-state index in [9.17, 15) is 9.59 Å². The Morgan fingerprint density at radius 3 is 2.84 bits per heavy atom. The van der Waals surface area contributed by atoms with Crippen molar-refractivity contribution in [1.82, 2.24) is 20.2 Å². The maximum absolute atomic E-state index is 11.4. The predicted molar refractivity (Wildman–Crippen MR) is 66.7 cm³/mol. The van der Waals surface area contributed by atoms with Gasteiger partial charge < -0.3 is 25.0 Å². The molecule has 0 bridgehead atoms. The lowest BCUT2D eigenvalue weighted by Gasteiger charge is -2.12. The minimum atomic E-state index is -1.11. The molecule has 19 heavy (non-hydrogen) atoms. The zero-order chi connectivity index (χ0) is 14.1. The van der Waals surface area contributed by atoms with Gasteiger partial charge in [0.15, 0.2) is 6.10 Å². The molecule has 0 aromatic carbocycles. The Morgan fingerprint density at radius 2 is 2.26 bits per heavy atom. The van der Waals surface area contributed by atoms with Crippen molar-refractivity contribution in [3.63, 3.8) is 0 Å². The summed E-state index contributed by atoms with van der Waals surface area (Å²) in [6.45, 7) is 1.18. The molecule has 8 heteroatoms. The predicted octanol–water partition coefficient (Wildman–Crippen LogP) is -0.328. The maximum atomic E-state index is 11.4. The summed E-state index contributed by atoms with van der Waals surface area (Å²) in [5.74, 6) is -1.11. The van der Waals surface area contributed by atoms with Crippen LogP contribution in [0, 0.1) is 0 Å². The lowest BCUT2D eigenvalue weighted by molar-refractivity contribution is -0.147. The summed E-state index contributed by atoms with van der Waals surface area (Å²) < 4.78 is 6.59. The van der Waals surface area contributed by atoms with Crippen LogP contribution in [-0.4, -0.2) is 53.0 Å². The number of nitrogens with one attached hydrogen (secondary N) is 2. The van der Waals surface area contributed by atoms with Gasteiger partial charge in [0.25, 0.3) is 0 Å². The lowest BCUT2D eigenvalue weighted by atomic mass is 10.3. The van der Waals surface area contributed by atoms with E-state index in [4.69, 9.17) is 5.11 Å². The highest BCUT2D eigenvalue weighted by molar-refractivity contribution is 5.76. The van der Waals surface area contributed by atoms with E-state index in [0.29, 0.717) is 6.54 Å². The number of carboxylic acid groups (broad SMARTS) is 1. The Hall–Kier alpha value is -2.09. The van der Waals surface area contributed by atoms with Crippen LogP contribution in [0.25, 0.3) is 0 Å². The number of hydrogen-bond donors (Lipinski definition) is 3. The van der Waals surface area contributed by atoms with Crippen molar-refractivity contribution in [2.45, 2.75) is 19.1 Å². The minimum absolute atomic E-state index is 0.0703. The highest BCUT2D eigenvalue weighted by atomic mass is 16.5. The number of aromatic nitrogens is 2. The second-order valence-corrected chi connectivity index (χ2v) is 3.85. The fourth-order valence-corrected chi connectivity index (χ4v) is 1.40. The Bertz CT molecular complexity index is 393. The van der Waals surface area contributed by atoms with E-state index in [2.05, 4.69) is 20.4 Å². The van der Waals surface area contributed by atoms with Crippen LogP contribution >= 0.6 is 0 Å². The van der Waals surface area contributed by atoms with Crippen molar-refractivity contribution < 1.29 is 19.4 Å². The average molecular weight is 270 g/mol. The molecular weight excluding hydrogens is 252 g/mol. The van der Waals surface area contributed by atoms with Gasteiger partial charge in [-0.05, 0) is 6.42 Å². The molecule has 0 aliphatic rings. The summed E-state index contributed by atoms with van der Waals surface area (Å²) in [4.78, 5) is 25.9. The third-order valence-corrected chi connectivity index (χ3v) is 2.45. The van der Waals surface area contributed by atoms with Gasteiger partial charge >= 0.3 is 12.0 Å². The summed E-state index contributed by atoms with van der Waals surface area (Å²) in [5.41, 5.74) is 0. The van der Waals surface area contributed by atoms with E-state index < -0.39 is 18.1 Å². The normalized spacial score (nSPS) is 11.8. The number of nitrogens with zero attached hydrogens (tertiary/aromatic N) is 2. The van der Waals surface area contributed by atoms with Crippen molar-refractivity contribution in [2.24, 2.45) is 0 Å². The fourth-order valence-electron chi connectivity index (χ4n) is 1.40. The van der Waals surface area contributed by atoms with Crippen LogP contribution in [0.1, 0.15) is 6.42 Å². The number of aryl methyl sites for hydroxylation is 1. The van der Waals surface area contributed by atoms with E-state index in [1.165, 1.54) is 7.11 Å². The topological polar surface area (TPSA) is 105 Å². The van der Waals surface area contributed by atoms with Crippen molar-refractivity contribution in [3.8, 4) is 0 Å². The minimum Gasteiger partial charge on any atom is -0.479 e. The van der Waals surface area contributed by atoms with Crippen molar-refractivity contribution in [3.05, 3.63) is 18.7 Å². The highest BCUT2D eigenvalue weighted by Crippen LogP contribution is 1.90. The maximum Gasteiger partial charge on any atom is 0.334 e. The highest BCUT2D eigenvalue weighted by Gasteiger charge is 2.16. The van der Waals surface area contributed by atoms with Gasteiger partial charge in [-0.2, -0.15) is 0 Å². The van der Waals surface area contributed by atoms with Gasteiger partial charge in [0.1, 0.15) is 0 Å². The Morgan fingerprint density at radius 1 is 1.47 bits per heavy atom. The molecule has 0 radical (unpaired) electrons. The molecule has 8 nitrogen and oxygen atoms in total. The van der Waals surface area contributed by atoms with Gasteiger partial charge in [0.2, 0.25) is 0 Å². The summed E-state index contributed by atoms with van der Waals surface area (Å²) >= 11 is 0. The van der Waals surface area contributed by atoms with Crippen molar-refractivity contribution >= 4 is 12.0 Å². The van der Waals surface area contributed by atoms with E-state index in [-0.39, 0.29) is 6.54 Å². The number of rotatable bonds is 8. The summed E-state index contributed by atoms with van der Waals surface area (Å²) in [6.07, 6.45) is 4.97. The number of methoxy groups -OCH3 is 1. The van der Waals surface area contributed by atoms with Crippen molar-refractivity contribution in [2.75, 3.05) is 20.2 Å². The molecule has 1 rings (SSSR count). The molecule has 1 atom stereocenters. The van der Waals surface area contributed by atoms with E-state index in [1.807, 2.05) is 10.8 Å². The second kappa shape index (κ2) is 8.09. The third-order valence-electron chi connectivity index (χ3n) is 2.45. The molecule has 0 saturated carbocycles. The molecule has 1 heterocycles. The number of carbonyl (C=O) groups is 2. The number of imidazole rings is 1. The van der Waals surface area contributed by atoms with Crippen molar-refractivity contribution in [1.29, 1.82) is 0 Å². The van der Waals surface area contributed by atoms with Gasteiger partial charge in [-0.3, -0.25) is 0 Å². The molecule has 2 amide bonds. The van der Waals surface area contributed by atoms with Crippen LogP contribution in [0.15, 0.2) is 18.7 Å². The van der Waals surface area contributed by atoms with Gasteiger partial charge in [0.05, 0.1) is 12.9 Å². The number of carboxylic acids is 1. The number of amides is 2. The first-order valence-corrected chi connectivity index (χ1v) is 5.86. The smallest absolute Gasteiger partial charge is 0.334 e. The van der Waals surface area contributed by atoms with Crippen LogP contribution in [0.3, 0.4) is 0 Å². The Balaban J connectivity index is 2.09. The quantitative estimate of drug-likeness (QED) is 0.561. The van der Waals surface area contributed by atoms with Crippen LogP contribution in [0.2, 0.25) is 0 Å². The first kappa shape index (κ1) is 15.0. The summed E-state index contributed by atoms with van der Waals surface area (Å²) in [5, 5.41) is 13.8. The van der Waals surface area contributed by atoms with Crippen LogP contribution in [0.5, 0.6) is 0 Å². The van der Waals surface area contributed by atoms with E-state index >= 15 is 0 Å². The van der Waals surface area contributed by atoms with Crippen LogP contribution in [0.4, 0.5) is 4.79 Å². The zero-order valence-electron chi connectivity index (χ0n) is 10.7. The molecule has 0 aliphatic heterocycles. The molecule has 0 aliphatic carbocycles. The molecule has 0 spiro atoms. The number of aliphatic carboxylic acids is 1. The van der Waals surface area contributed by atoms with Gasteiger partial charge in [0, 0.05) is 32.6 Å². The largest absolute Gasteiger partial charge is 0.479 e. The van der Waals surface area contributed by atoms with E-state index in [1.54, 1.807) is 12.5 Å². The number of urea groups is 1. The first-order valence-electron chi connectivity index (χ1n) is 5.86. The number of carbonyl (C=O) groups excluding carboxylic acids is 1. The summed E-state index contributed by atoms with van der Waals surface area (Å²) in [6, 6.07) is -0.408. The number of hydrogen-bond acceptors (Lipinski definition) is 4. The molecule has 0 saturated heterocycles. The van der Waals surface area contributed by atoms with Gasteiger partial charge in [-0.25, -0.2) is 14.6 Å². The molecular formula is C11H18N4O4. The average Bonchev–Trinajstić information content (AvgIpc) is 2.88. The first-order chi connectivity index (χ1) is 9.13. The fraction of sp³-hybridized carbons (Fsp3) is 0.545. The van der Waals surface area contributed by atoms with Gasteiger partial charge in [-0.1, -0.05) is 0 Å². The SMILES string of the molecule is COC(CNC(=O)NCCCn1ccnc1)C(=O)O. The lowest BCUT2D eigenvalue weighted by Crippen LogP contribution is -2.43. The monoisotopic (exact) mass is 270 g/mol. The van der Waals surface area contributed by atoms with E-state index in [0.717, 1.165) is 13.0 Å². The molecule has 1 aromatic heterocycles. The standard InChI is InChI=1S/C11H18N4O4/c1-19-9(10(16)17)7-14-11(18)13-3-2-5-15-6-4-12-8-15/h4,6,8-9H,2-3,5,7H2,1H3,(H,16,17)(H2,13,14,18). The molecule has 106 valence electrons. The van der Waals surface area contributed by atoms with Crippen LogP contribution in [-0.2, 0) is 16.1 Å². The molecule has 1 aromatic rings. The Labute approximate surface area is 110 Å². The number of ether oxygens (including phenoxy) is 1. The molecule has 1 unspecified atom stereocenters. The van der Waals surface area contributed by atoms with Gasteiger partial charge in [-0.15, -0.1) is 0 Å². The summed E-state index contributed by atoms with van der Waals surface area (Å²) in [7, 11) is 1.28. The third kappa shape index (κ3) is 5.87. The van der Waals surface area contributed by atoms with Crippen LogP contribution < -0.4 is 10.6 Å². The molecule has 0 fully saturated rings. The zero-order valence-corrected chi connectivity index (χ0v) is 10.7. The second-order valence-electron chi connectivity index (χ2n) is 3.85. The Kier molecular flexibility index (Phi) is 6.37.